The predicted octanol–water partition coefficient (Wildman–Crippen LogP) is 6.09. The largest absolute Gasteiger partial charge is 0.458 e. The average Bonchev–Trinajstić information content (AvgIpc) is 3.43. The summed E-state index contributed by atoms with van der Waals surface area (Å²) in [5.41, 5.74) is 7.70. The number of rotatable bonds is 0. The Hall–Kier alpha value is -4.02. The third-order valence-electron chi connectivity index (χ3n) is 7.66. The SMILES string of the molecule is c1ccc2c(c1)Oc1ccc3c4c5c(ccc4n4c3c1B2c1ccccc1-4)sc1ccccc15. The van der Waals surface area contributed by atoms with Gasteiger partial charge in [0, 0.05) is 36.6 Å². The smallest absolute Gasteiger partial charge is 0.256 e. The lowest BCUT2D eigenvalue weighted by Gasteiger charge is -2.32. The first-order valence-corrected chi connectivity index (χ1v) is 12.5. The standard InChI is InChI=1S/C30H16BNOS/c1-6-12-25-17(7-1)28-26(34-25)16-14-22-27(28)18-13-15-24-29-30(18)32(22)21-10-4-2-8-19(21)31(29)20-9-3-5-11-23(20)33-24/h1-16H. The maximum absolute atomic E-state index is 6.49. The molecular formula is C30H16BNOS. The molecular weight excluding hydrogens is 433 g/mol. The summed E-state index contributed by atoms with van der Waals surface area (Å²) < 4.78 is 11.7. The fraction of sp³-hybridized carbons (Fsp3) is 0. The minimum Gasteiger partial charge on any atom is -0.458 e. The maximum Gasteiger partial charge on any atom is 0.256 e. The van der Waals surface area contributed by atoms with E-state index in [1.165, 1.54) is 64.1 Å². The van der Waals surface area contributed by atoms with Crippen LogP contribution in [0.3, 0.4) is 0 Å². The number of fused-ring (bicyclic) bond motifs is 12. The summed E-state index contributed by atoms with van der Waals surface area (Å²) in [6, 6.07) is 35.3. The Kier molecular flexibility index (Phi) is 3.03. The number of para-hydroxylation sites is 2. The summed E-state index contributed by atoms with van der Waals surface area (Å²) in [6.45, 7) is 0.173. The second-order valence-corrected chi connectivity index (χ2v) is 10.4. The molecule has 9 rings (SSSR count). The molecule has 5 aromatic carbocycles. The van der Waals surface area contributed by atoms with E-state index in [9.17, 15) is 0 Å². The lowest BCUT2D eigenvalue weighted by Crippen LogP contribution is -2.58. The number of benzene rings is 5. The highest BCUT2D eigenvalue weighted by Gasteiger charge is 2.40. The zero-order valence-electron chi connectivity index (χ0n) is 18.1. The van der Waals surface area contributed by atoms with Crippen molar-refractivity contribution in [1.82, 2.24) is 4.57 Å². The Morgan fingerprint density at radius 1 is 0.618 bits per heavy atom. The zero-order valence-corrected chi connectivity index (χ0v) is 18.9. The molecule has 34 heavy (non-hydrogen) atoms. The lowest BCUT2D eigenvalue weighted by atomic mass is 9.34. The molecule has 0 aliphatic carbocycles. The molecule has 7 aromatic rings. The number of nitrogens with zero attached hydrogens (tertiary/aromatic N) is 1. The summed E-state index contributed by atoms with van der Waals surface area (Å²) in [5.74, 6) is 1.94. The molecule has 4 heteroatoms. The van der Waals surface area contributed by atoms with Crippen LogP contribution in [0.4, 0.5) is 0 Å². The molecule has 156 valence electrons. The lowest BCUT2D eigenvalue weighted by molar-refractivity contribution is 0.488. The maximum atomic E-state index is 6.49. The van der Waals surface area contributed by atoms with Gasteiger partial charge in [-0.1, -0.05) is 54.6 Å². The van der Waals surface area contributed by atoms with E-state index in [0.717, 1.165) is 11.5 Å². The topological polar surface area (TPSA) is 14.2 Å². The van der Waals surface area contributed by atoms with E-state index in [1.807, 2.05) is 11.3 Å². The van der Waals surface area contributed by atoms with Crippen LogP contribution in [-0.2, 0) is 0 Å². The molecule has 0 saturated heterocycles. The molecule has 0 atom stereocenters. The van der Waals surface area contributed by atoms with Crippen LogP contribution in [0.5, 0.6) is 11.5 Å². The molecule has 0 bridgehead atoms. The number of aromatic nitrogens is 1. The summed E-state index contributed by atoms with van der Waals surface area (Å²) in [7, 11) is 0. The van der Waals surface area contributed by atoms with Gasteiger partial charge < -0.3 is 9.30 Å². The Balaban J connectivity index is 1.56. The van der Waals surface area contributed by atoms with Crippen molar-refractivity contribution in [2.45, 2.75) is 0 Å². The molecule has 0 radical (unpaired) electrons. The second kappa shape index (κ2) is 5.91. The number of hydrogen-bond donors (Lipinski definition) is 0. The van der Waals surface area contributed by atoms with E-state index in [1.54, 1.807) is 0 Å². The van der Waals surface area contributed by atoms with E-state index < -0.39 is 0 Å². The van der Waals surface area contributed by atoms with Gasteiger partial charge in [-0.05, 0) is 58.9 Å². The summed E-state index contributed by atoms with van der Waals surface area (Å²) in [5, 5.41) is 5.37. The first kappa shape index (κ1) is 17.5. The Bertz CT molecular complexity index is 2010. The average molecular weight is 449 g/mol. The zero-order chi connectivity index (χ0) is 22.0. The predicted molar refractivity (Wildman–Crippen MR) is 145 cm³/mol. The molecule has 2 aliphatic rings. The van der Waals surface area contributed by atoms with Crippen molar-refractivity contribution >= 4 is 76.4 Å². The van der Waals surface area contributed by atoms with Crippen molar-refractivity contribution in [3.8, 4) is 17.2 Å². The van der Waals surface area contributed by atoms with Crippen molar-refractivity contribution in [3.63, 3.8) is 0 Å². The van der Waals surface area contributed by atoms with Gasteiger partial charge in [-0.2, -0.15) is 0 Å². The Morgan fingerprint density at radius 2 is 1.44 bits per heavy atom. The molecule has 2 aromatic heterocycles. The fourth-order valence-electron chi connectivity index (χ4n) is 6.38. The highest BCUT2D eigenvalue weighted by molar-refractivity contribution is 7.26. The highest BCUT2D eigenvalue weighted by Crippen LogP contribution is 2.45. The quantitative estimate of drug-likeness (QED) is 0.256. The van der Waals surface area contributed by atoms with Crippen LogP contribution in [0.25, 0.3) is 47.7 Å². The molecule has 0 unspecified atom stereocenters. The summed E-state index contributed by atoms with van der Waals surface area (Å²) in [4.78, 5) is 0. The molecule has 4 heterocycles. The van der Waals surface area contributed by atoms with Gasteiger partial charge >= 0.3 is 0 Å². The van der Waals surface area contributed by atoms with Crippen molar-refractivity contribution in [1.29, 1.82) is 0 Å². The molecule has 0 N–H and O–H groups in total. The summed E-state index contributed by atoms with van der Waals surface area (Å²) in [6.07, 6.45) is 0. The van der Waals surface area contributed by atoms with Gasteiger partial charge in [-0.25, -0.2) is 0 Å². The molecule has 0 saturated carbocycles. The van der Waals surface area contributed by atoms with Gasteiger partial charge in [0.05, 0.1) is 11.0 Å². The number of thiophene rings is 1. The van der Waals surface area contributed by atoms with Gasteiger partial charge in [0.25, 0.3) is 6.71 Å². The number of ether oxygens (including phenoxy) is 1. The summed E-state index contributed by atoms with van der Waals surface area (Å²) >= 11 is 1.88. The third-order valence-corrected chi connectivity index (χ3v) is 8.80. The molecule has 0 fully saturated rings. The van der Waals surface area contributed by atoms with E-state index in [4.69, 9.17) is 4.74 Å². The van der Waals surface area contributed by atoms with Crippen LogP contribution in [0.2, 0.25) is 0 Å². The van der Waals surface area contributed by atoms with Crippen LogP contribution in [0.15, 0.2) is 97.1 Å². The van der Waals surface area contributed by atoms with Crippen LogP contribution >= 0.6 is 11.3 Å². The molecule has 2 nitrogen and oxygen atoms in total. The van der Waals surface area contributed by atoms with Crippen molar-refractivity contribution in [3.05, 3.63) is 97.1 Å². The van der Waals surface area contributed by atoms with Gasteiger partial charge in [-0.3, -0.25) is 0 Å². The first-order chi connectivity index (χ1) is 16.9. The van der Waals surface area contributed by atoms with E-state index in [0.29, 0.717) is 0 Å². The van der Waals surface area contributed by atoms with Crippen molar-refractivity contribution in [2.75, 3.05) is 0 Å². The van der Waals surface area contributed by atoms with Gasteiger partial charge in [0.15, 0.2) is 0 Å². The highest BCUT2D eigenvalue weighted by atomic mass is 32.1. The molecule has 2 aliphatic heterocycles. The Morgan fingerprint density at radius 3 is 2.41 bits per heavy atom. The van der Waals surface area contributed by atoms with Crippen LogP contribution < -0.4 is 21.1 Å². The van der Waals surface area contributed by atoms with Crippen LogP contribution in [-0.4, -0.2) is 11.3 Å². The molecule has 0 spiro atoms. The Labute approximate surface area is 199 Å². The van der Waals surface area contributed by atoms with Crippen LogP contribution in [0, 0.1) is 0 Å². The monoisotopic (exact) mass is 449 g/mol. The van der Waals surface area contributed by atoms with E-state index >= 15 is 0 Å². The van der Waals surface area contributed by atoms with Crippen LogP contribution in [0.1, 0.15) is 0 Å². The third kappa shape index (κ3) is 1.92. The normalized spacial score (nSPS) is 13.5. The van der Waals surface area contributed by atoms with Gasteiger partial charge in [-0.15, -0.1) is 11.3 Å². The molecule has 0 amide bonds. The van der Waals surface area contributed by atoms with Gasteiger partial charge in [0.1, 0.15) is 11.5 Å². The van der Waals surface area contributed by atoms with Crippen molar-refractivity contribution < 1.29 is 4.74 Å². The van der Waals surface area contributed by atoms with E-state index in [2.05, 4.69) is 102 Å². The minimum atomic E-state index is 0.173. The van der Waals surface area contributed by atoms with Gasteiger partial charge in [0.2, 0.25) is 0 Å². The fourth-order valence-corrected chi connectivity index (χ4v) is 7.49. The second-order valence-electron chi connectivity index (χ2n) is 9.27. The number of hydrogen-bond acceptors (Lipinski definition) is 2. The first-order valence-electron chi connectivity index (χ1n) is 11.7. The van der Waals surface area contributed by atoms with E-state index in [-0.39, 0.29) is 6.71 Å². The minimum absolute atomic E-state index is 0.173. The van der Waals surface area contributed by atoms with Crippen molar-refractivity contribution in [2.24, 2.45) is 0 Å².